The molecule has 0 fully saturated rings. The molecule has 18 heavy (non-hydrogen) atoms. The van der Waals surface area contributed by atoms with Crippen LogP contribution >= 0.6 is 11.8 Å². The Hall–Kier alpha value is -0.760. The molecule has 1 aromatic carbocycles. The third-order valence-electron chi connectivity index (χ3n) is 2.56. The molecule has 0 saturated heterocycles. The summed E-state index contributed by atoms with van der Waals surface area (Å²) < 4.78 is 25.6. The first-order chi connectivity index (χ1) is 8.27. The smallest absolute Gasteiger partial charge is 0.240 e. The molecule has 0 aromatic heterocycles. The Morgan fingerprint density at radius 2 is 2.00 bits per heavy atom. The van der Waals surface area contributed by atoms with Gasteiger partial charge in [-0.3, -0.25) is 0 Å². The van der Waals surface area contributed by atoms with E-state index in [1.807, 2.05) is 6.92 Å². The molecule has 2 unspecified atom stereocenters. The summed E-state index contributed by atoms with van der Waals surface area (Å²) in [7, 11) is -2.12. The molecule has 0 aliphatic heterocycles. The number of nitrogen functional groups attached to an aromatic ring is 1. The van der Waals surface area contributed by atoms with Crippen LogP contribution in [0.2, 0.25) is 0 Å². The third kappa shape index (κ3) is 3.61. The fourth-order valence-corrected chi connectivity index (χ4v) is 3.03. The minimum Gasteiger partial charge on any atom is -0.398 e. The molecule has 7 heteroatoms. The number of aliphatic hydroxyl groups excluding tert-OH is 1. The van der Waals surface area contributed by atoms with Gasteiger partial charge in [0.1, 0.15) is 0 Å². The van der Waals surface area contributed by atoms with Crippen LogP contribution in [-0.2, 0) is 10.0 Å². The zero-order valence-electron chi connectivity index (χ0n) is 10.5. The van der Waals surface area contributed by atoms with Crippen LogP contribution < -0.4 is 10.5 Å². The number of hydrogen-bond acceptors (Lipinski definition) is 5. The molecule has 2 atom stereocenters. The van der Waals surface area contributed by atoms with Crippen LogP contribution in [0, 0.1) is 0 Å². The van der Waals surface area contributed by atoms with Crippen molar-refractivity contribution >= 4 is 27.5 Å². The Morgan fingerprint density at radius 1 is 1.39 bits per heavy atom. The van der Waals surface area contributed by atoms with E-state index in [-0.39, 0.29) is 10.1 Å². The summed E-state index contributed by atoms with van der Waals surface area (Å²) >= 11 is 1.35. The first-order valence-electron chi connectivity index (χ1n) is 5.45. The topological polar surface area (TPSA) is 92.4 Å². The lowest BCUT2D eigenvalue weighted by molar-refractivity contribution is 0.196. The fraction of sp³-hybridized carbons (Fsp3) is 0.455. The molecule has 1 aromatic rings. The average molecular weight is 290 g/mol. The van der Waals surface area contributed by atoms with E-state index in [9.17, 15) is 13.5 Å². The number of benzene rings is 1. The van der Waals surface area contributed by atoms with E-state index in [1.54, 1.807) is 13.0 Å². The number of hydrogen-bond donors (Lipinski definition) is 3. The summed E-state index contributed by atoms with van der Waals surface area (Å²) in [6, 6.07) is 4.53. The number of aliphatic hydroxyl groups is 1. The molecule has 0 aliphatic carbocycles. The van der Waals surface area contributed by atoms with Gasteiger partial charge >= 0.3 is 0 Å². The lowest BCUT2D eigenvalue weighted by atomic mass is 10.3. The molecule has 0 aliphatic rings. The SMILES string of the molecule is CNS(=O)(=O)c1ccc(N)c(SC(C)C(C)O)c1. The molecular formula is C11H18N2O3S2. The van der Waals surface area contributed by atoms with Crippen LogP contribution in [0.15, 0.2) is 28.0 Å². The van der Waals surface area contributed by atoms with Crippen LogP contribution in [0.5, 0.6) is 0 Å². The Bertz CT molecular complexity index is 515. The van der Waals surface area contributed by atoms with Crippen molar-refractivity contribution in [2.45, 2.75) is 35.0 Å². The van der Waals surface area contributed by atoms with Crippen molar-refractivity contribution in [3.8, 4) is 0 Å². The van der Waals surface area contributed by atoms with Gasteiger partial charge in [0, 0.05) is 15.8 Å². The summed E-state index contributed by atoms with van der Waals surface area (Å²) in [6.45, 7) is 3.54. The predicted octanol–water partition coefficient (Wildman–Crippen LogP) is 1.04. The van der Waals surface area contributed by atoms with E-state index in [2.05, 4.69) is 4.72 Å². The summed E-state index contributed by atoms with van der Waals surface area (Å²) in [5, 5.41) is 9.39. The second-order valence-electron chi connectivity index (χ2n) is 3.97. The van der Waals surface area contributed by atoms with Crippen molar-refractivity contribution in [1.29, 1.82) is 0 Å². The summed E-state index contributed by atoms with van der Waals surface area (Å²) in [6.07, 6.45) is -0.501. The van der Waals surface area contributed by atoms with Gasteiger partial charge in [0.15, 0.2) is 0 Å². The van der Waals surface area contributed by atoms with E-state index in [4.69, 9.17) is 5.73 Å². The van der Waals surface area contributed by atoms with E-state index in [0.29, 0.717) is 10.6 Å². The Balaban J connectivity index is 3.10. The molecule has 102 valence electrons. The van der Waals surface area contributed by atoms with E-state index >= 15 is 0 Å². The molecule has 4 N–H and O–H groups in total. The molecule has 0 bridgehead atoms. The highest BCUT2D eigenvalue weighted by Gasteiger charge is 2.16. The van der Waals surface area contributed by atoms with Gasteiger partial charge in [-0.05, 0) is 32.2 Å². The third-order valence-corrected chi connectivity index (χ3v) is 5.34. The van der Waals surface area contributed by atoms with Crippen LogP contribution in [0.1, 0.15) is 13.8 Å². The lowest BCUT2D eigenvalue weighted by Crippen LogP contribution is -2.19. The second-order valence-corrected chi connectivity index (χ2v) is 7.28. The van der Waals surface area contributed by atoms with Crippen LogP contribution in [-0.4, -0.2) is 31.9 Å². The van der Waals surface area contributed by atoms with Crippen molar-refractivity contribution in [3.63, 3.8) is 0 Å². The van der Waals surface area contributed by atoms with Crippen molar-refractivity contribution in [1.82, 2.24) is 4.72 Å². The van der Waals surface area contributed by atoms with Gasteiger partial charge in [-0.1, -0.05) is 6.92 Å². The van der Waals surface area contributed by atoms with Gasteiger partial charge in [-0.2, -0.15) is 0 Å². The highest BCUT2D eigenvalue weighted by Crippen LogP contribution is 2.32. The highest BCUT2D eigenvalue weighted by atomic mass is 32.2. The van der Waals surface area contributed by atoms with Gasteiger partial charge in [-0.25, -0.2) is 13.1 Å². The van der Waals surface area contributed by atoms with E-state index < -0.39 is 16.1 Å². The maximum Gasteiger partial charge on any atom is 0.240 e. The second kappa shape index (κ2) is 5.92. The van der Waals surface area contributed by atoms with Gasteiger partial charge < -0.3 is 10.8 Å². The maximum absolute atomic E-state index is 11.7. The maximum atomic E-state index is 11.7. The number of nitrogens with two attached hydrogens (primary N) is 1. The number of anilines is 1. The molecule has 5 nitrogen and oxygen atoms in total. The van der Waals surface area contributed by atoms with Crippen molar-refractivity contribution in [2.75, 3.05) is 12.8 Å². The lowest BCUT2D eigenvalue weighted by Gasteiger charge is -2.16. The fourth-order valence-electron chi connectivity index (χ4n) is 1.20. The monoisotopic (exact) mass is 290 g/mol. The summed E-state index contributed by atoms with van der Waals surface area (Å²) in [5.41, 5.74) is 6.31. The van der Waals surface area contributed by atoms with Crippen LogP contribution in [0.4, 0.5) is 5.69 Å². The molecule has 0 radical (unpaired) electrons. The van der Waals surface area contributed by atoms with Gasteiger partial charge in [-0.15, -0.1) is 11.8 Å². The molecule has 0 saturated carbocycles. The van der Waals surface area contributed by atoms with Crippen LogP contribution in [0.3, 0.4) is 0 Å². The zero-order chi connectivity index (χ0) is 13.9. The molecule has 0 heterocycles. The normalized spacial score (nSPS) is 15.3. The highest BCUT2D eigenvalue weighted by molar-refractivity contribution is 8.00. The largest absolute Gasteiger partial charge is 0.398 e. The van der Waals surface area contributed by atoms with Crippen molar-refractivity contribution < 1.29 is 13.5 Å². The summed E-state index contributed by atoms with van der Waals surface area (Å²) in [5.74, 6) is 0. The molecule has 0 spiro atoms. The van der Waals surface area contributed by atoms with Crippen molar-refractivity contribution in [2.24, 2.45) is 0 Å². The number of thioether (sulfide) groups is 1. The quantitative estimate of drug-likeness (QED) is 0.556. The molecular weight excluding hydrogens is 272 g/mol. The Morgan fingerprint density at radius 3 is 2.50 bits per heavy atom. The Labute approximate surface area is 112 Å². The minimum absolute atomic E-state index is 0.0696. The molecule has 0 amide bonds. The van der Waals surface area contributed by atoms with Gasteiger partial charge in [0.05, 0.1) is 11.0 Å². The minimum atomic E-state index is -3.47. The standard InChI is InChI=1S/C11H18N2O3S2/c1-7(14)8(2)17-11-6-9(4-5-10(11)12)18(15,16)13-3/h4-8,13-14H,12H2,1-3H3. The summed E-state index contributed by atoms with van der Waals surface area (Å²) in [4.78, 5) is 0.819. The van der Waals surface area contributed by atoms with E-state index in [1.165, 1.54) is 30.9 Å². The van der Waals surface area contributed by atoms with Crippen LogP contribution in [0.25, 0.3) is 0 Å². The first kappa shape index (κ1) is 15.3. The Kier molecular flexibility index (Phi) is 5.03. The zero-order valence-corrected chi connectivity index (χ0v) is 12.2. The number of rotatable bonds is 5. The van der Waals surface area contributed by atoms with E-state index in [0.717, 1.165) is 0 Å². The first-order valence-corrected chi connectivity index (χ1v) is 7.82. The van der Waals surface area contributed by atoms with Gasteiger partial charge in [0.2, 0.25) is 10.0 Å². The molecule has 1 rings (SSSR count). The number of nitrogens with one attached hydrogen (secondary N) is 1. The average Bonchev–Trinajstić information content (AvgIpc) is 2.31. The van der Waals surface area contributed by atoms with Crippen molar-refractivity contribution in [3.05, 3.63) is 18.2 Å². The predicted molar refractivity (Wildman–Crippen MR) is 74.1 cm³/mol. The number of sulfonamides is 1. The van der Waals surface area contributed by atoms with Gasteiger partial charge in [0.25, 0.3) is 0 Å².